The topological polar surface area (TPSA) is 17.8 Å². The van der Waals surface area contributed by atoms with Gasteiger partial charge in [0.25, 0.3) is 0 Å². The Morgan fingerprint density at radius 3 is 2.79 bits per heavy atom. The summed E-state index contributed by atoms with van der Waals surface area (Å²) in [7, 11) is 0. The number of hydrogen-bond acceptors (Lipinski definition) is 1. The lowest BCUT2D eigenvalue weighted by atomic mass is 9.89. The molecule has 102 valence electrons. The summed E-state index contributed by atoms with van der Waals surface area (Å²) in [6.45, 7) is 0.919. The zero-order valence-corrected chi connectivity index (χ0v) is 11.7. The molecule has 0 N–H and O–H groups in total. The van der Waals surface area contributed by atoms with Crippen LogP contribution in [0.2, 0.25) is 0 Å². The van der Waals surface area contributed by atoms with Crippen LogP contribution >= 0.6 is 11.6 Å². The summed E-state index contributed by atoms with van der Waals surface area (Å²) >= 11 is 5.97. The lowest BCUT2D eigenvalue weighted by Crippen LogP contribution is -2.15. The number of hydrogen-bond donors (Lipinski definition) is 0. The van der Waals surface area contributed by atoms with E-state index in [9.17, 15) is 4.39 Å². The number of alkyl halides is 1. The van der Waals surface area contributed by atoms with Gasteiger partial charge in [-0.1, -0.05) is 25.3 Å². The first kappa shape index (κ1) is 12.9. The Hall–Kier alpha value is -1.09. The van der Waals surface area contributed by atoms with E-state index in [2.05, 4.69) is 9.55 Å². The van der Waals surface area contributed by atoms with Gasteiger partial charge in [0.2, 0.25) is 0 Å². The third-order valence-corrected chi connectivity index (χ3v) is 4.33. The largest absolute Gasteiger partial charge is 0.327 e. The van der Waals surface area contributed by atoms with E-state index in [0.29, 0.717) is 17.3 Å². The van der Waals surface area contributed by atoms with Crippen molar-refractivity contribution in [1.29, 1.82) is 0 Å². The summed E-state index contributed by atoms with van der Waals surface area (Å²) in [5.41, 5.74) is 1.33. The predicted molar refractivity (Wildman–Crippen MR) is 75.8 cm³/mol. The van der Waals surface area contributed by atoms with Gasteiger partial charge in [-0.05, 0) is 30.9 Å². The minimum atomic E-state index is -0.258. The smallest absolute Gasteiger partial charge is 0.151 e. The summed E-state index contributed by atoms with van der Waals surface area (Å²) < 4.78 is 15.9. The minimum Gasteiger partial charge on any atom is -0.327 e. The maximum atomic E-state index is 13.8. The zero-order valence-electron chi connectivity index (χ0n) is 10.9. The molecule has 0 bridgehead atoms. The second-order valence-corrected chi connectivity index (χ2v) is 5.65. The second-order valence-electron chi connectivity index (χ2n) is 5.38. The molecule has 0 atom stereocenters. The molecule has 0 radical (unpaired) electrons. The van der Waals surface area contributed by atoms with E-state index in [1.807, 2.05) is 6.07 Å². The monoisotopic (exact) mass is 280 g/mol. The van der Waals surface area contributed by atoms with Crippen LogP contribution in [0.5, 0.6) is 0 Å². The van der Waals surface area contributed by atoms with Crippen LogP contribution in [-0.4, -0.2) is 9.55 Å². The molecule has 1 saturated carbocycles. The summed E-state index contributed by atoms with van der Waals surface area (Å²) in [5.74, 6) is 1.54. The average molecular weight is 281 g/mol. The number of para-hydroxylation sites is 1. The SMILES string of the molecule is Fc1cccc2c1nc(CCl)n2CC1CCCCC1. The molecule has 0 saturated heterocycles. The van der Waals surface area contributed by atoms with Gasteiger partial charge in [-0.2, -0.15) is 0 Å². The molecule has 1 heterocycles. The Kier molecular flexibility index (Phi) is 3.74. The van der Waals surface area contributed by atoms with Gasteiger partial charge in [-0.15, -0.1) is 11.6 Å². The fraction of sp³-hybridized carbons (Fsp3) is 0.533. The molecule has 0 amide bonds. The Labute approximate surface area is 117 Å². The molecule has 0 spiro atoms. The highest BCUT2D eigenvalue weighted by molar-refractivity contribution is 6.16. The molecular formula is C15H18ClFN2. The summed E-state index contributed by atoms with van der Waals surface area (Å²) in [6, 6.07) is 5.14. The number of aromatic nitrogens is 2. The van der Waals surface area contributed by atoms with Crippen molar-refractivity contribution < 1.29 is 4.39 Å². The number of nitrogens with zero attached hydrogens (tertiary/aromatic N) is 2. The van der Waals surface area contributed by atoms with E-state index in [1.54, 1.807) is 6.07 Å². The van der Waals surface area contributed by atoms with Crippen molar-refractivity contribution in [2.24, 2.45) is 5.92 Å². The Morgan fingerprint density at radius 2 is 2.05 bits per heavy atom. The van der Waals surface area contributed by atoms with Crippen LogP contribution in [0, 0.1) is 11.7 Å². The van der Waals surface area contributed by atoms with Gasteiger partial charge >= 0.3 is 0 Å². The normalized spacial score (nSPS) is 17.2. The molecular weight excluding hydrogens is 263 g/mol. The summed E-state index contributed by atoms with van der Waals surface area (Å²) in [4.78, 5) is 4.35. The molecule has 1 aromatic carbocycles. The zero-order chi connectivity index (χ0) is 13.2. The third-order valence-electron chi connectivity index (χ3n) is 4.09. The number of halogens is 2. The number of imidazole rings is 1. The van der Waals surface area contributed by atoms with Crippen molar-refractivity contribution in [2.75, 3.05) is 0 Å². The van der Waals surface area contributed by atoms with Crippen molar-refractivity contribution in [3.8, 4) is 0 Å². The molecule has 2 aromatic rings. The van der Waals surface area contributed by atoms with E-state index in [0.717, 1.165) is 17.9 Å². The first-order chi connectivity index (χ1) is 9.29. The molecule has 0 aliphatic heterocycles. The maximum Gasteiger partial charge on any atom is 0.151 e. The molecule has 0 unspecified atom stereocenters. The van der Waals surface area contributed by atoms with Gasteiger partial charge in [-0.25, -0.2) is 9.37 Å². The minimum absolute atomic E-state index is 0.258. The second kappa shape index (κ2) is 5.49. The first-order valence-corrected chi connectivity index (χ1v) is 7.52. The van der Waals surface area contributed by atoms with Gasteiger partial charge in [-0.3, -0.25) is 0 Å². The molecule has 1 aliphatic carbocycles. The van der Waals surface area contributed by atoms with Gasteiger partial charge in [0.15, 0.2) is 5.82 Å². The van der Waals surface area contributed by atoms with E-state index in [4.69, 9.17) is 11.6 Å². The average Bonchev–Trinajstić information content (AvgIpc) is 2.80. The molecule has 2 nitrogen and oxygen atoms in total. The summed E-state index contributed by atoms with van der Waals surface area (Å²) in [5, 5.41) is 0. The first-order valence-electron chi connectivity index (χ1n) is 6.99. The Balaban J connectivity index is 1.98. The van der Waals surface area contributed by atoms with Gasteiger partial charge in [0, 0.05) is 6.54 Å². The lowest BCUT2D eigenvalue weighted by Gasteiger charge is -2.23. The molecule has 1 aromatic heterocycles. The van der Waals surface area contributed by atoms with Crippen LogP contribution in [0.4, 0.5) is 4.39 Å². The highest BCUT2D eigenvalue weighted by atomic mass is 35.5. The third kappa shape index (κ3) is 2.48. The highest BCUT2D eigenvalue weighted by Crippen LogP contribution is 2.28. The molecule has 1 aliphatic rings. The van der Waals surface area contributed by atoms with Crippen LogP contribution in [0.3, 0.4) is 0 Å². The fourth-order valence-electron chi connectivity index (χ4n) is 3.09. The molecule has 19 heavy (non-hydrogen) atoms. The van der Waals surface area contributed by atoms with Crippen molar-refractivity contribution >= 4 is 22.6 Å². The quantitative estimate of drug-likeness (QED) is 0.757. The van der Waals surface area contributed by atoms with E-state index >= 15 is 0 Å². The van der Waals surface area contributed by atoms with E-state index in [-0.39, 0.29) is 5.82 Å². The summed E-state index contributed by atoms with van der Waals surface area (Å²) in [6.07, 6.45) is 6.48. The van der Waals surface area contributed by atoms with Crippen molar-refractivity contribution in [3.05, 3.63) is 29.8 Å². The highest BCUT2D eigenvalue weighted by Gasteiger charge is 2.18. The van der Waals surface area contributed by atoms with Crippen LogP contribution in [0.15, 0.2) is 18.2 Å². The number of fused-ring (bicyclic) bond motifs is 1. The van der Waals surface area contributed by atoms with E-state index < -0.39 is 0 Å². The van der Waals surface area contributed by atoms with Crippen LogP contribution in [-0.2, 0) is 12.4 Å². The lowest BCUT2D eigenvalue weighted by molar-refractivity contribution is 0.320. The van der Waals surface area contributed by atoms with Crippen LogP contribution in [0.1, 0.15) is 37.9 Å². The Bertz CT molecular complexity index is 573. The standard InChI is InChI=1S/C15H18ClFN2/c16-9-14-18-15-12(17)7-4-8-13(15)19(14)10-11-5-2-1-3-6-11/h4,7-8,11H,1-3,5-6,9-10H2. The van der Waals surface area contributed by atoms with Crippen molar-refractivity contribution in [3.63, 3.8) is 0 Å². The van der Waals surface area contributed by atoms with Crippen molar-refractivity contribution in [1.82, 2.24) is 9.55 Å². The van der Waals surface area contributed by atoms with Crippen molar-refractivity contribution in [2.45, 2.75) is 44.5 Å². The Morgan fingerprint density at radius 1 is 1.26 bits per heavy atom. The maximum absolute atomic E-state index is 13.8. The van der Waals surface area contributed by atoms with Crippen LogP contribution in [0.25, 0.3) is 11.0 Å². The number of rotatable bonds is 3. The fourth-order valence-corrected chi connectivity index (χ4v) is 3.30. The predicted octanol–water partition coefficient (Wildman–Crippen LogP) is 4.49. The van der Waals surface area contributed by atoms with Gasteiger partial charge < -0.3 is 4.57 Å². The number of benzene rings is 1. The van der Waals surface area contributed by atoms with Gasteiger partial charge in [0.05, 0.1) is 11.4 Å². The molecule has 1 fully saturated rings. The molecule has 4 heteroatoms. The van der Waals surface area contributed by atoms with E-state index in [1.165, 1.54) is 38.2 Å². The van der Waals surface area contributed by atoms with Crippen LogP contribution < -0.4 is 0 Å². The molecule has 3 rings (SSSR count). The van der Waals surface area contributed by atoms with Gasteiger partial charge in [0.1, 0.15) is 11.3 Å².